The fourth-order valence-electron chi connectivity index (χ4n) is 2.99. The number of nitrogens with one attached hydrogen (secondary N) is 1. The Balaban J connectivity index is 1.72. The summed E-state index contributed by atoms with van der Waals surface area (Å²) in [6.45, 7) is 2.07. The molecule has 0 aliphatic rings. The lowest BCUT2D eigenvalue weighted by Crippen LogP contribution is -2.11. The number of fused-ring (bicyclic) bond motifs is 1. The molecule has 0 aliphatic carbocycles. The molecule has 0 fully saturated rings. The Kier molecular flexibility index (Phi) is 4.19. The molecule has 4 rings (SSSR count). The molecule has 0 spiro atoms. The fraction of sp³-hybridized carbons (Fsp3) is 0.0952. The molecule has 0 saturated carbocycles. The van der Waals surface area contributed by atoms with Crippen molar-refractivity contribution in [2.75, 3.05) is 11.1 Å². The number of pyridine rings is 1. The van der Waals surface area contributed by atoms with Crippen molar-refractivity contribution in [1.82, 2.24) is 15.0 Å². The van der Waals surface area contributed by atoms with Gasteiger partial charge in [-0.1, -0.05) is 48.5 Å². The number of nitrogens with two attached hydrogens (primary N) is 1. The van der Waals surface area contributed by atoms with Crippen molar-refractivity contribution in [3.63, 3.8) is 0 Å². The summed E-state index contributed by atoms with van der Waals surface area (Å²) in [6, 6.07) is 20.2. The van der Waals surface area contributed by atoms with Crippen LogP contribution in [-0.2, 0) is 0 Å². The van der Waals surface area contributed by atoms with Gasteiger partial charge in [-0.25, -0.2) is 9.97 Å². The minimum atomic E-state index is 0.0669. The van der Waals surface area contributed by atoms with Crippen molar-refractivity contribution in [2.45, 2.75) is 13.0 Å². The average molecular weight is 341 g/mol. The highest BCUT2D eigenvalue weighted by Gasteiger charge is 2.12. The van der Waals surface area contributed by atoms with Crippen molar-refractivity contribution < 1.29 is 0 Å². The molecular weight excluding hydrogens is 322 g/mol. The van der Waals surface area contributed by atoms with Crippen LogP contribution < -0.4 is 11.1 Å². The number of nitrogens with zero attached hydrogens (tertiary/aromatic N) is 3. The number of anilines is 2. The fourth-order valence-corrected chi connectivity index (χ4v) is 2.99. The molecule has 5 nitrogen and oxygen atoms in total. The van der Waals surface area contributed by atoms with E-state index in [0.717, 1.165) is 27.7 Å². The monoisotopic (exact) mass is 341 g/mol. The number of aromatic nitrogens is 3. The van der Waals surface area contributed by atoms with Gasteiger partial charge >= 0.3 is 0 Å². The Morgan fingerprint density at radius 1 is 0.923 bits per heavy atom. The Hall–Kier alpha value is -3.47. The summed E-state index contributed by atoms with van der Waals surface area (Å²) in [6.07, 6.45) is 3.49. The van der Waals surface area contributed by atoms with Crippen LogP contribution in [-0.4, -0.2) is 15.0 Å². The van der Waals surface area contributed by atoms with Gasteiger partial charge < -0.3 is 11.1 Å². The van der Waals surface area contributed by atoms with Crippen LogP contribution in [0.4, 0.5) is 11.6 Å². The summed E-state index contributed by atoms with van der Waals surface area (Å²) >= 11 is 0. The molecule has 4 aromatic rings. The van der Waals surface area contributed by atoms with Gasteiger partial charge in [0.15, 0.2) is 11.6 Å². The van der Waals surface area contributed by atoms with Gasteiger partial charge in [-0.15, -0.1) is 0 Å². The third kappa shape index (κ3) is 3.07. The first kappa shape index (κ1) is 16.0. The third-order valence-electron chi connectivity index (χ3n) is 4.38. The van der Waals surface area contributed by atoms with Gasteiger partial charge in [0.2, 0.25) is 0 Å². The summed E-state index contributed by atoms with van der Waals surface area (Å²) in [4.78, 5) is 13.5. The van der Waals surface area contributed by atoms with E-state index < -0.39 is 0 Å². The zero-order valence-corrected chi connectivity index (χ0v) is 14.4. The van der Waals surface area contributed by atoms with Gasteiger partial charge in [0, 0.05) is 17.1 Å². The number of rotatable bonds is 4. The van der Waals surface area contributed by atoms with E-state index in [1.165, 1.54) is 0 Å². The van der Waals surface area contributed by atoms with Crippen molar-refractivity contribution in [2.24, 2.45) is 0 Å². The maximum absolute atomic E-state index is 6.06. The second kappa shape index (κ2) is 6.80. The summed E-state index contributed by atoms with van der Waals surface area (Å²) in [7, 11) is 0. The predicted molar refractivity (Wildman–Crippen MR) is 106 cm³/mol. The second-order valence-corrected chi connectivity index (χ2v) is 6.14. The van der Waals surface area contributed by atoms with Crippen LogP contribution in [0.5, 0.6) is 0 Å². The van der Waals surface area contributed by atoms with E-state index in [-0.39, 0.29) is 6.04 Å². The topological polar surface area (TPSA) is 76.7 Å². The van der Waals surface area contributed by atoms with E-state index in [2.05, 4.69) is 34.3 Å². The predicted octanol–water partition coefficient (Wildman–Crippen LogP) is 4.45. The Bertz CT molecular complexity index is 1040. The Morgan fingerprint density at radius 3 is 2.62 bits per heavy atom. The Labute approximate surface area is 152 Å². The van der Waals surface area contributed by atoms with Gasteiger partial charge in [-0.2, -0.15) is 0 Å². The number of hydrogen-bond donors (Lipinski definition) is 2. The number of hydrogen-bond acceptors (Lipinski definition) is 5. The maximum atomic E-state index is 6.06. The highest BCUT2D eigenvalue weighted by atomic mass is 15.1. The van der Waals surface area contributed by atoms with Gasteiger partial charge in [0.25, 0.3) is 0 Å². The van der Waals surface area contributed by atoms with Crippen LogP contribution in [0.25, 0.3) is 22.2 Å². The van der Waals surface area contributed by atoms with Gasteiger partial charge in [0.1, 0.15) is 0 Å². The first-order valence-electron chi connectivity index (χ1n) is 8.50. The van der Waals surface area contributed by atoms with Crippen LogP contribution >= 0.6 is 0 Å². The van der Waals surface area contributed by atoms with Crippen LogP contribution in [0, 0.1) is 0 Å². The second-order valence-electron chi connectivity index (χ2n) is 6.14. The first-order valence-corrected chi connectivity index (χ1v) is 8.50. The normalized spacial score (nSPS) is 12.0. The van der Waals surface area contributed by atoms with Crippen LogP contribution in [0.3, 0.4) is 0 Å². The van der Waals surface area contributed by atoms with Crippen LogP contribution in [0.15, 0.2) is 73.1 Å². The molecule has 2 heterocycles. The van der Waals surface area contributed by atoms with E-state index >= 15 is 0 Å². The molecule has 2 aromatic heterocycles. The van der Waals surface area contributed by atoms with E-state index in [1.54, 1.807) is 12.4 Å². The highest BCUT2D eigenvalue weighted by molar-refractivity contribution is 5.93. The molecule has 1 atom stereocenters. The van der Waals surface area contributed by atoms with Gasteiger partial charge in [0.05, 0.1) is 23.4 Å². The molecule has 0 saturated heterocycles. The van der Waals surface area contributed by atoms with Crippen LogP contribution in [0.2, 0.25) is 0 Å². The number of benzene rings is 2. The number of nitrogen functional groups attached to an aromatic ring is 1. The lowest BCUT2D eigenvalue weighted by molar-refractivity contribution is 0.873. The third-order valence-corrected chi connectivity index (χ3v) is 4.38. The van der Waals surface area contributed by atoms with Crippen molar-refractivity contribution in [3.8, 4) is 11.3 Å². The van der Waals surface area contributed by atoms with Crippen molar-refractivity contribution in [3.05, 3.63) is 78.6 Å². The molecule has 5 heteroatoms. The van der Waals surface area contributed by atoms with E-state index in [0.29, 0.717) is 11.6 Å². The summed E-state index contributed by atoms with van der Waals surface area (Å²) in [5, 5.41) is 4.41. The molecule has 0 amide bonds. The molecule has 0 aliphatic heterocycles. The largest absolute Gasteiger partial charge is 0.381 e. The quantitative estimate of drug-likeness (QED) is 0.573. The minimum Gasteiger partial charge on any atom is -0.381 e. The lowest BCUT2D eigenvalue weighted by atomic mass is 10.1. The van der Waals surface area contributed by atoms with Crippen molar-refractivity contribution >= 4 is 22.5 Å². The van der Waals surface area contributed by atoms with E-state index in [4.69, 9.17) is 10.7 Å². The lowest BCUT2D eigenvalue weighted by Gasteiger charge is -2.17. The SMILES string of the molecule is C[C@H](Nc1nc(-c2cccc3ncccc23)cnc1N)c1ccccc1. The van der Waals surface area contributed by atoms with Gasteiger partial charge in [-0.05, 0) is 24.6 Å². The van der Waals surface area contributed by atoms with Gasteiger partial charge in [-0.3, -0.25) is 4.98 Å². The summed E-state index contributed by atoms with van der Waals surface area (Å²) in [5.74, 6) is 0.967. The maximum Gasteiger partial charge on any atom is 0.170 e. The highest BCUT2D eigenvalue weighted by Crippen LogP contribution is 2.29. The standard InChI is InChI=1S/C21H19N5/c1-14(15-7-3-2-4-8-15)25-21-20(22)24-13-19(26-21)17-9-5-11-18-16(17)10-6-12-23-18/h2-14H,1H3,(H2,22,24)(H,25,26)/t14-/m0/s1. The van der Waals surface area contributed by atoms with Crippen LogP contribution in [0.1, 0.15) is 18.5 Å². The summed E-state index contributed by atoms with van der Waals surface area (Å²) in [5.41, 5.74) is 9.89. The Morgan fingerprint density at radius 2 is 1.77 bits per heavy atom. The molecule has 26 heavy (non-hydrogen) atoms. The molecule has 3 N–H and O–H groups in total. The average Bonchev–Trinajstić information content (AvgIpc) is 2.70. The smallest absolute Gasteiger partial charge is 0.170 e. The molecule has 0 bridgehead atoms. The summed E-state index contributed by atoms with van der Waals surface area (Å²) < 4.78 is 0. The first-order chi connectivity index (χ1) is 12.7. The minimum absolute atomic E-state index is 0.0669. The van der Waals surface area contributed by atoms with E-state index in [1.807, 2.05) is 48.5 Å². The zero-order valence-electron chi connectivity index (χ0n) is 14.4. The molecule has 2 aromatic carbocycles. The molecule has 0 unspecified atom stereocenters. The zero-order chi connectivity index (χ0) is 17.9. The molecule has 128 valence electrons. The van der Waals surface area contributed by atoms with Crippen molar-refractivity contribution in [1.29, 1.82) is 0 Å². The molecule has 0 radical (unpaired) electrons. The van der Waals surface area contributed by atoms with E-state index in [9.17, 15) is 0 Å². The molecular formula is C21H19N5.